The van der Waals surface area contributed by atoms with Gasteiger partial charge in [0.25, 0.3) is 0 Å². The van der Waals surface area contributed by atoms with E-state index in [1.54, 1.807) is 0 Å². The van der Waals surface area contributed by atoms with E-state index in [1.165, 1.54) is 30.4 Å². The molecule has 1 aromatic heterocycles. The molecule has 0 saturated heterocycles. The van der Waals surface area contributed by atoms with Crippen LogP contribution >= 0.6 is 0 Å². The fraction of sp³-hybridized carbons (Fsp3) is 0.417. The molecule has 0 N–H and O–H groups in total. The maximum atomic E-state index is 4.28. The minimum Gasteiger partial charge on any atom is -0.268 e. The summed E-state index contributed by atoms with van der Waals surface area (Å²) in [6, 6.07) is 0. The molecule has 2 nitrogen and oxygen atoms in total. The molecular formula is C12H16N2. The lowest BCUT2D eigenvalue weighted by atomic mass is 10.2. The molecule has 0 aliphatic heterocycles. The second-order valence-electron chi connectivity index (χ2n) is 3.83. The summed E-state index contributed by atoms with van der Waals surface area (Å²) in [4.78, 5) is 0. The Balaban J connectivity index is 2.06. The van der Waals surface area contributed by atoms with Crippen LogP contribution in [-0.2, 0) is 6.54 Å². The van der Waals surface area contributed by atoms with Crippen molar-refractivity contribution in [2.75, 3.05) is 0 Å². The van der Waals surface area contributed by atoms with Gasteiger partial charge in [0.2, 0.25) is 0 Å². The summed E-state index contributed by atoms with van der Waals surface area (Å²) in [5, 5.41) is 4.28. The minimum absolute atomic E-state index is 0.907. The van der Waals surface area contributed by atoms with Gasteiger partial charge in [-0.1, -0.05) is 18.2 Å². The van der Waals surface area contributed by atoms with Gasteiger partial charge in [0.1, 0.15) is 0 Å². The zero-order valence-electron chi connectivity index (χ0n) is 8.61. The van der Waals surface area contributed by atoms with Crippen LogP contribution in [-0.4, -0.2) is 9.78 Å². The molecule has 0 spiro atoms. The Labute approximate surface area is 84.9 Å². The van der Waals surface area contributed by atoms with Gasteiger partial charge >= 0.3 is 0 Å². The van der Waals surface area contributed by atoms with E-state index in [2.05, 4.69) is 36.4 Å². The molecule has 0 radical (unpaired) electrons. The molecule has 1 heterocycles. The van der Waals surface area contributed by atoms with E-state index in [-0.39, 0.29) is 0 Å². The molecule has 0 amide bonds. The number of aromatic nitrogens is 2. The van der Waals surface area contributed by atoms with Crippen molar-refractivity contribution in [1.29, 1.82) is 0 Å². The molecule has 0 bridgehead atoms. The van der Waals surface area contributed by atoms with Gasteiger partial charge in [-0.15, -0.1) is 0 Å². The predicted molar refractivity (Wildman–Crippen MR) is 58.0 cm³/mol. The predicted octanol–water partition coefficient (Wildman–Crippen LogP) is 2.86. The maximum absolute atomic E-state index is 4.28. The van der Waals surface area contributed by atoms with Gasteiger partial charge in [0, 0.05) is 6.20 Å². The van der Waals surface area contributed by atoms with E-state index in [0.29, 0.717) is 0 Å². The van der Waals surface area contributed by atoms with Crippen LogP contribution in [0.3, 0.4) is 0 Å². The molecule has 14 heavy (non-hydrogen) atoms. The van der Waals surface area contributed by atoms with Crippen LogP contribution in [0.15, 0.2) is 36.2 Å². The van der Waals surface area contributed by atoms with E-state index in [9.17, 15) is 0 Å². The highest BCUT2D eigenvalue weighted by atomic mass is 15.3. The van der Waals surface area contributed by atoms with Crippen molar-refractivity contribution in [3.8, 4) is 0 Å². The Morgan fingerprint density at radius 3 is 3.14 bits per heavy atom. The van der Waals surface area contributed by atoms with Gasteiger partial charge in [-0.25, -0.2) is 0 Å². The molecule has 2 rings (SSSR count). The van der Waals surface area contributed by atoms with Crippen LogP contribution in [0.4, 0.5) is 0 Å². The molecule has 0 fully saturated rings. The van der Waals surface area contributed by atoms with Crippen molar-refractivity contribution in [2.45, 2.75) is 32.7 Å². The maximum Gasteiger partial charge on any atom is 0.0656 e. The molecule has 2 heteroatoms. The van der Waals surface area contributed by atoms with E-state index in [1.807, 2.05) is 10.9 Å². The lowest BCUT2D eigenvalue weighted by Gasteiger charge is -2.01. The summed E-state index contributed by atoms with van der Waals surface area (Å²) >= 11 is 0. The van der Waals surface area contributed by atoms with Crippen LogP contribution in [0, 0.1) is 6.92 Å². The van der Waals surface area contributed by atoms with Crippen LogP contribution in [0.1, 0.15) is 24.8 Å². The summed E-state index contributed by atoms with van der Waals surface area (Å²) in [5.74, 6) is 0. The van der Waals surface area contributed by atoms with Crippen molar-refractivity contribution in [3.63, 3.8) is 0 Å². The van der Waals surface area contributed by atoms with Crippen LogP contribution < -0.4 is 0 Å². The van der Waals surface area contributed by atoms with Crippen molar-refractivity contribution in [2.24, 2.45) is 0 Å². The highest BCUT2D eigenvalue weighted by molar-refractivity contribution is 5.20. The summed E-state index contributed by atoms with van der Waals surface area (Å²) in [6.07, 6.45) is 14.5. The van der Waals surface area contributed by atoms with Crippen LogP contribution in [0.25, 0.3) is 0 Å². The molecule has 1 aliphatic rings. The smallest absolute Gasteiger partial charge is 0.0656 e. The van der Waals surface area contributed by atoms with Crippen LogP contribution in [0.5, 0.6) is 0 Å². The Morgan fingerprint density at radius 1 is 1.43 bits per heavy atom. The molecule has 0 atom stereocenters. The standard InChI is InChI=1S/C12H16N2/c1-11-8-13-14(9-11)10-12-6-4-2-3-5-7-12/h4,6-9H,2-3,5,10H2,1H3. The first-order chi connectivity index (χ1) is 6.84. The van der Waals surface area contributed by atoms with Crippen molar-refractivity contribution < 1.29 is 0 Å². The molecular weight excluding hydrogens is 172 g/mol. The van der Waals surface area contributed by atoms with Crippen molar-refractivity contribution >= 4 is 0 Å². The monoisotopic (exact) mass is 188 g/mol. The van der Waals surface area contributed by atoms with Gasteiger partial charge in [-0.3, -0.25) is 4.68 Å². The minimum atomic E-state index is 0.907. The van der Waals surface area contributed by atoms with Gasteiger partial charge in [0.15, 0.2) is 0 Å². The van der Waals surface area contributed by atoms with Crippen molar-refractivity contribution in [3.05, 3.63) is 41.8 Å². The number of allylic oxidation sites excluding steroid dienone is 4. The number of hydrogen-bond donors (Lipinski definition) is 0. The summed E-state index contributed by atoms with van der Waals surface area (Å²) in [7, 11) is 0. The number of aryl methyl sites for hydroxylation is 1. The zero-order valence-corrected chi connectivity index (χ0v) is 8.61. The molecule has 1 aromatic rings. The second-order valence-corrected chi connectivity index (χ2v) is 3.83. The fourth-order valence-corrected chi connectivity index (χ4v) is 1.68. The third kappa shape index (κ3) is 2.34. The molecule has 1 aliphatic carbocycles. The number of nitrogens with zero attached hydrogens (tertiary/aromatic N) is 2. The number of rotatable bonds is 2. The number of hydrogen-bond acceptors (Lipinski definition) is 1. The summed E-state index contributed by atoms with van der Waals surface area (Å²) in [6.45, 7) is 2.98. The first-order valence-corrected chi connectivity index (χ1v) is 5.19. The normalized spacial score (nSPS) is 16.5. The van der Waals surface area contributed by atoms with Crippen LogP contribution in [0.2, 0.25) is 0 Å². The van der Waals surface area contributed by atoms with E-state index in [4.69, 9.17) is 0 Å². The Kier molecular flexibility index (Phi) is 2.82. The molecule has 0 aromatic carbocycles. The van der Waals surface area contributed by atoms with E-state index in [0.717, 1.165) is 6.54 Å². The fourth-order valence-electron chi connectivity index (χ4n) is 1.68. The highest BCUT2D eigenvalue weighted by Crippen LogP contribution is 2.11. The third-order valence-corrected chi connectivity index (χ3v) is 2.42. The molecule has 0 saturated carbocycles. The summed E-state index contributed by atoms with van der Waals surface area (Å²) in [5.41, 5.74) is 2.61. The van der Waals surface area contributed by atoms with Gasteiger partial charge < -0.3 is 0 Å². The Hall–Kier alpha value is -1.31. The Bertz CT molecular complexity index is 358. The molecule has 74 valence electrons. The quantitative estimate of drug-likeness (QED) is 0.697. The van der Waals surface area contributed by atoms with Gasteiger partial charge in [-0.05, 0) is 37.3 Å². The zero-order chi connectivity index (χ0) is 9.80. The topological polar surface area (TPSA) is 17.8 Å². The average molecular weight is 188 g/mol. The highest BCUT2D eigenvalue weighted by Gasteiger charge is 1.99. The summed E-state index contributed by atoms with van der Waals surface area (Å²) < 4.78 is 2.00. The third-order valence-electron chi connectivity index (χ3n) is 2.42. The molecule has 0 unspecified atom stereocenters. The van der Waals surface area contributed by atoms with Crippen molar-refractivity contribution in [1.82, 2.24) is 9.78 Å². The first-order valence-electron chi connectivity index (χ1n) is 5.19. The second kappa shape index (κ2) is 4.27. The van der Waals surface area contributed by atoms with E-state index < -0.39 is 0 Å². The van der Waals surface area contributed by atoms with Gasteiger partial charge in [-0.2, -0.15) is 5.10 Å². The van der Waals surface area contributed by atoms with E-state index >= 15 is 0 Å². The van der Waals surface area contributed by atoms with Gasteiger partial charge in [0.05, 0.1) is 12.7 Å². The average Bonchev–Trinajstić information content (AvgIpc) is 2.43. The lowest BCUT2D eigenvalue weighted by Crippen LogP contribution is -1.99. The first kappa shape index (κ1) is 9.25. The lowest BCUT2D eigenvalue weighted by molar-refractivity contribution is 0.683. The largest absolute Gasteiger partial charge is 0.268 e. The Morgan fingerprint density at radius 2 is 2.36 bits per heavy atom. The SMILES string of the molecule is Cc1cnn(CC2=CCCCC=C2)c1.